The van der Waals surface area contributed by atoms with Crippen LogP contribution in [0.2, 0.25) is 0 Å². The van der Waals surface area contributed by atoms with Gasteiger partial charge in [-0.1, -0.05) is 38.0 Å². The molecule has 0 aromatic heterocycles. The summed E-state index contributed by atoms with van der Waals surface area (Å²) in [4.78, 5) is 12.4. The fourth-order valence-electron chi connectivity index (χ4n) is 2.88. The molecular weight excluding hydrogens is 266 g/mol. The SMILES string of the molecule is CCC(Oc1ccccc1)C(=O)NC1CCCCC1CO. The van der Waals surface area contributed by atoms with Crippen molar-refractivity contribution in [1.29, 1.82) is 0 Å². The average Bonchev–Trinajstić information content (AvgIpc) is 2.54. The van der Waals surface area contributed by atoms with Crippen molar-refractivity contribution in [3.63, 3.8) is 0 Å². The molecule has 1 aliphatic carbocycles. The topological polar surface area (TPSA) is 58.6 Å². The zero-order chi connectivity index (χ0) is 15.1. The molecule has 1 fully saturated rings. The standard InChI is InChI=1S/C17H25NO3/c1-2-16(21-14-9-4-3-5-10-14)17(20)18-15-11-7-6-8-13(15)12-19/h3-5,9-10,13,15-16,19H,2,6-8,11-12H2,1H3,(H,18,20). The smallest absolute Gasteiger partial charge is 0.261 e. The number of para-hydroxylation sites is 1. The van der Waals surface area contributed by atoms with E-state index in [2.05, 4.69) is 5.32 Å². The van der Waals surface area contributed by atoms with E-state index in [0.29, 0.717) is 12.2 Å². The van der Waals surface area contributed by atoms with Gasteiger partial charge in [-0.15, -0.1) is 0 Å². The second kappa shape index (κ2) is 8.03. The largest absolute Gasteiger partial charge is 0.481 e. The van der Waals surface area contributed by atoms with Gasteiger partial charge in [-0.3, -0.25) is 4.79 Å². The normalized spacial score (nSPS) is 23.3. The third-order valence-corrected chi connectivity index (χ3v) is 4.16. The highest BCUT2D eigenvalue weighted by Crippen LogP contribution is 2.24. The second-order valence-electron chi connectivity index (χ2n) is 5.67. The summed E-state index contributed by atoms with van der Waals surface area (Å²) in [5, 5.41) is 12.5. The molecule has 3 atom stereocenters. The molecule has 116 valence electrons. The first kappa shape index (κ1) is 15.8. The van der Waals surface area contributed by atoms with Crippen molar-refractivity contribution in [3.8, 4) is 5.75 Å². The number of hydrogen-bond acceptors (Lipinski definition) is 3. The van der Waals surface area contributed by atoms with Gasteiger partial charge in [-0.25, -0.2) is 0 Å². The number of ether oxygens (including phenoxy) is 1. The lowest BCUT2D eigenvalue weighted by molar-refractivity contribution is -0.129. The summed E-state index contributed by atoms with van der Waals surface area (Å²) in [5.41, 5.74) is 0. The maximum atomic E-state index is 12.4. The Bertz CT molecular complexity index is 435. The van der Waals surface area contributed by atoms with Gasteiger partial charge in [0.1, 0.15) is 5.75 Å². The summed E-state index contributed by atoms with van der Waals surface area (Å²) in [6.45, 7) is 2.08. The number of nitrogens with one attached hydrogen (secondary N) is 1. The van der Waals surface area contributed by atoms with Gasteiger partial charge in [0.25, 0.3) is 5.91 Å². The van der Waals surface area contributed by atoms with Gasteiger partial charge in [0.05, 0.1) is 0 Å². The zero-order valence-corrected chi connectivity index (χ0v) is 12.6. The number of carbonyl (C=O) groups is 1. The van der Waals surface area contributed by atoms with E-state index in [1.807, 2.05) is 37.3 Å². The van der Waals surface area contributed by atoms with Crippen molar-refractivity contribution < 1.29 is 14.6 Å². The Morgan fingerprint density at radius 2 is 2.05 bits per heavy atom. The Morgan fingerprint density at radius 1 is 1.33 bits per heavy atom. The summed E-state index contributed by atoms with van der Waals surface area (Å²) in [6, 6.07) is 9.48. The molecule has 1 aliphatic rings. The van der Waals surface area contributed by atoms with E-state index in [-0.39, 0.29) is 24.5 Å². The fraction of sp³-hybridized carbons (Fsp3) is 0.588. The van der Waals surface area contributed by atoms with Crippen LogP contribution in [0.4, 0.5) is 0 Å². The number of carbonyl (C=O) groups excluding carboxylic acids is 1. The predicted octanol–water partition coefficient (Wildman–Crippen LogP) is 2.51. The van der Waals surface area contributed by atoms with E-state index in [9.17, 15) is 9.90 Å². The maximum Gasteiger partial charge on any atom is 0.261 e. The highest BCUT2D eigenvalue weighted by molar-refractivity contribution is 5.81. The molecule has 2 rings (SSSR count). The molecule has 1 aromatic carbocycles. The van der Waals surface area contributed by atoms with Crippen molar-refractivity contribution in [2.75, 3.05) is 6.61 Å². The first-order chi connectivity index (χ1) is 10.2. The molecule has 4 nitrogen and oxygen atoms in total. The average molecular weight is 291 g/mol. The van der Waals surface area contributed by atoms with Crippen molar-refractivity contribution in [3.05, 3.63) is 30.3 Å². The summed E-state index contributed by atoms with van der Waals surface area (Å²) in [5.74, 6) is 0.811. The highest BCUT2D eigenvalue weighted by Gasteiger charge is 2.28. The Hall–Kier alpha value is -1.55. The van der Waals surface area contributed by atoms with Crippen LogP contribution in [0, 0.1) is 5.92 Å². The van der Waals surface area contributed by atoms with E-state index in [0.717, 1.165) is 25.7 Å². The van der Waals surface area contributed by atoms with Gasteiger partial charge < -0.3 is 15.2 Å². The van der Waals surface area contributed by atoms with Crippen LogP contribution in [0.25, 0.3) is 0 Å². The number of aliphatic hydroxyl groups excluding tert-OH is 1. The van der Waals surface area contributed by atoms with Gasteiger partial charge in [0, 0.05) is 18.6 Å². The van der Waals surface area contributed by atoms with Gasteiger partial charge in [-0.2, -0.15) is 0 Å². The Balaban J connectivity index is 1.93. The first-order valence-electron chi connectivity index (χ1n) is 7.87. The van der Waals surface area contributed by atoms with E-state index in [4.69, 9.17) is 4.74 Å². The van der Waals surface area contributed by atoms with Crippen LogP contribution >= 0.6 is 0 Å². The summed E-state index contributed by atoms with van der Waals surface area (Å²) >= 11 is 0. The number of amides is 1. The van der Waals surface area contributed by atoms with E-state index in [1.165, 1.54) is 0 Å². The minimum Gasteiger partial charge on any atom is -0.481 e. The zero-order valence-electron chi connectivity index (χ0n) is 12.6. The minimum atomic E-state index is -0.478. The molecule has 0 radical (unpaired) electrons. The van der Waals surface area contributed by atoms with Crippen LogP contribution in [0.3, 0.4) is 0 Å². The number of hydrogen-bond donors (Lipinski definition) is 2. The quantitative estimate of drug-likeness (QED) is 0.846. The van der Waals surface area contributed by atoms with Crippen molar-refractivity contribution in [2.24, 2.45) is 5.92 Å². The molecule has 4 heteroatoms. The molecular formula is C17H25NO3. The lowest BCUT2D eigenvalue weighted by Crippen LogP contribution is -2.48. The van der Waals surface area contributed by atoms with Gasteiger partial charge >= 0.3 is 0 Å². The lowest BCUT2D eigenvalue weighted by atomic mass is 9.85. The Labute approximate surface area is 126 Å². The van der Waals surface area contributed by atoms with Gasteiger partial charge in [0.2, 0.25) is 0 Å². The fourth-order valence-corrected chi connectivity index (χ4v) is 2.88. The van der Waals surface area contributed by atoms with Crippen LogP contribution in [0.5, 0.6) is 5.75 Å². The molecule has 0 spiro atoms. The molecule has 0 saturated heterocycles. The van der Waals surface area contributed by atoms with Crippen molar-refractivity contribution in [1.82, 2.24) is 5.32 Å². The van der Waals surface area contributed by atoms with Crippen LogP contribution in [-0.2, 0) is 4.79 Å². The van der Waals surface area contributed by atoms with Crippen molar-refractivity contribution in [2.45, 2.75) is 51.2 Å². The molecule has 0 aliphatic heterocycles. The van der Waals surface area contributed by atoms with E-state index in [1.54, 1.807) is 0 Å². The van der Waals surface area contributed by atoms with Crippen LogP contribution in [0.1, 0.15) is 39.0 Å². The third-order valence-electron chi connectivity index (χ3n) is 4.16. The molecule has 0 heterocycles. The lowest BCUT2D eigenvalue weighted by Gasteiger charge is -2.32. The minimum absolute atomic E-state index is 0.0738. The molecule has 1 aromatic rings. The van der Waals surface area contributed by atoms with Crippen LogP contribution < -0.4 is 10.1 Å². The highest BCUT2D eigenvalue weighted by atomic mass is 16.5. The van der Waals surface area contributed by atoms with E-state index < -0.39 is 6.10 Å². The summed E-state index contributed by atoms with van der Waals surface area (Å²) < 4.78 is 5.76. The van der Waals surface area contributed by atoms with Crippen LogP contribution in [0.15, 0.2) is 30.3 Å². The van der Waals surface area contributed by atoms with Gasteiger partial charge in [-0.05, 0) is 31.4 Å². The Kier molecular flexibility index (Phi) is 6.05. The van der Waals surface area contributed by atoms with Crippen LogP contribution in [-0.4, -0.2) is 29.8 Å². The molecule has 21 heavy (non-hydrogen) atoms. The number of aliphatic hydroxyl groups is 1. The molecule has 1 amide bonds. The van der Waals surface area contributed by atoms with E-state index >= 15 is 0 Å². The third kappa shape index (κ3) is 4.46. The van der Waals surface area contributed by atoms with Crippen molar-refractivity contribution >= 4 is 5.91 Å². The Morgan fingerprint density at radius 3 is 2.71 bits per heavy atom. The molecule has 2 N–H and O–H groups in total. The molecule has 3 unspecified atom stereocenters. The maximum absolute atomic E-state index is 12.4. The first-order valence-corrected chi connectivity index (χ1v) is 7.87. The summed E-state index contributed by atoms with van der Waals surface area (Å²) in [7, 11) is 0. The van der Waals surface area contributed by atoms with Gasteiger partial charge in [0.15, 0.2) is 6.10 Å². The number of benzene rings is 1. The number of rotatable bonds is 6. The monoisotopic (exact) mass is 291 g/mol. The predicted molar refractivity (Wildman–Crippen MR) is 82.1 cm³/mol. The second-order valence-corrected chi connectivity index (χ2v) is 5.67. The summed E-state index contributed by atoms with van der Waals surface area (Å²) in [6.07, 6.45) is 4.31. The molecule has 1 saturated carbocycles. The molecule has 0 bridgehead atoms.